The molecule has 2 rings (SSSR count). The lowest BCUT2D eigenvalue weighted by molar-refractivity contribution is 0.118. The lowest BCUT2D eigenvalue weighted by atomic mass is 10.2. The number of halogens is 1. The van der Waals surface area contributed by atoms with Crippen LogP contribution >= 0.6 is 0 Å². The van der Waals surface area contributed by atoms with E-state index in [0.717, 1.165) is 6.42 Å². The molecular formula is C10H12FNO3. The number of ether oxygens (including phenoxy) is 2. The Morgan fingerprint density at radius 2 is 2.13 bits per heavy atom. The van der Waals surface area contributed by atoms with Gasteiger partial charge in [-0.2, -0.15) is 0 Å². The standard InChI is InChI=1S/C10H12FNO3/c11-8-2-3-9-10(7(8)6-15-12)14-5-1-4-13-9/h2-3H,1,4-6,12H2. The van der Waals surface area contributed by atoms with Gasteiger partial charge in [-0.05, 0) is 12.1 Å². The topological polar surface area (TPSA) is 53.7 Å². The van der Waals surface area contributed by atoms with Gasteiger partial charge in [-0.1, -0.05) is 0 Å². The molecule has 1 aliphatic heterocycles. The van der Waals surface area contributed by atoms with Crippen LogP contribution in [0.2, 0.25) is 0 Å². The molecule has 5 heteroatoms. The van der Waals surface area contributed by atoms with Gasteiger partial charge in [0.2, 0.25) is 0 Å². The molecule has 0 fully saturated rings. The molecule has 1 aromatic carbocycles. The number of rotatable bonds is 2. The van der Waals surface area contributed by atoms with E-state index in [1.807, 2.05) is 0 Å². The van der Waals surface area contributed by atoms with Crippen LogP contribution in [-0.2, 0) is 11.4 Å². The maximum atomic E-state index is 13.4. The number of hydrogen-bond acceptors (Lipinski definition) is 4. The van der Waals surface area contributed by atoms with Crippen LogP contribution < -0.4 is 15.4 Å². The minimum Gasteiger partial charge on any atom is -0.490 e. The van der Waals surface area contributed by atoms with Crippen LogP contribution in [0.3, 0.4) is 0 Å². The monoisotopic (exact) mass is 213 g/mol. The fraction of sp³-hybridized carbons (Fsp3) is 0.400. The maximum Gasteiger partial charge on any atom is 0.169 e. The van der Waals surface area contributed by atoms with Gasteiger partial charge in [-0.15, -0.1) is 0 Å². The first-order valence-corrected chi connectivity index (χ1v) is 4.71. The molecule has 2 N–H and O–H groups in total. The van der Waals surface area contributed by atoms with E-state index in [2.05, 4.69) is 4.84 Å². The molecule has 0 unspecified atom stereocenters. The third-order valence-electron chi connectivity index (χ3n) is 2.19. The minimum atomic E-state index is -0.398. The average molecular weight is 213 g/mol. The highest BCUT2D eigenvalue weighted by Crippen LogP contribution is 2.35. The lowest BCUT2D eigenvalue weighted by Gasteiger charge is -2.12. The van der Waals surface area contributed by atoms with Gasteiger partial charge in [0.1, 0.15) is 5.82 Å². The summed E-state index contributed by atoms with van der Waals surface area (Å²) in [6.45, 7) is 1.05. The molecule has 0 atom stereocenters. The van der Waals surface area contributed by atoms with Crippen LogP contribution in [0.5, 0.6) is 11.5 Å². The van der Waals surface area contributed by atoms with Gasteiger partial charge in [-0.25, -0.2) is 10.3 Å². The molecule has 0 saturated heterocycles. The second kappa shape index (κ2) is 4.46. The highest BCUT2D eigenvalue weighted by molar-refractivity contribution is 5.47. The molecule has 0 aromatic heterocycles. The van der Waals surface area contributed by atoms with E-state index in [4.69, 9.17) is 15.4 Å². The second-order valence-corrected chi connectivity index (χ2v) is 3.21. The van der Waals surface area contributed by atoms with E-state index in [0.29, 0.717) is 30.3 Å². The fourth-order valence-electron chi connectivity index (χ4n) is 1.49. The van der Waals surface area contributed by atoms with Crippen LogP contribution in [-0.4, -0.2) is 13.2 Å². The summed E-state index contributed by atoms with van der Waals surface area (Å²) in [4.78, 5) is 4.44. The van der Waals surface area contributed by atoms with Gasteiger partial charge in [0.15, 0.2) is 11.5 Å². The van der Waals surface area contributed by atoms with E-state index in [9.17, 15) is 4.39 Å². The Morgan fingerprint density at radius 1 is 1.33 bits per heavy atom. The summed E-state index contributed by atoms with van der Waals surface area (Å²) in [6.07, 6.45) is 0.777. The highest BCUT2D eigenvalue weighted by atomic mass is 19.1. The molecule has 4 nitrogen and oxygen atoms in total. The minimum absolute atomic E-state index is 0.0294. The fourth-order valence-corrected chi connectivity index (χ4v) is 1.49. The predicted octanol–water partition coefficient (Wildman–Crippen LogP) is 1.38. The van der Waals surface area contributed by atoms with Crippen molar-refractivity contribution in [2.45, 2.75) is 13.0 Å². The van der Waals surface area contributed by atoms with E-state index >= 15 is 0 Å². The van der Waals surface area contributed by atoms with E-state index in [-0.39, 0.29) is 6.61 Å². The largest absolute Gasteiger partial charge is 0.490 e. The molecule has 82 valence electrons. The van der Waals surface area contributed by atoms with Crippen LogP contribution in [0, 0.1) is 5.82 Å². The van der Waals surface area contributed by atoms with Gasteiger partial charge in [-0.3, -0.25) is 4.84 Å². The molecule has 0 radical (unpaired) electrons. The van der Waals surface area contributed by atoms with E-state index in [1.165, 1.54) is 6.07 Å². The van der Waals surface area contributed by atoms with Crippen molar-refractivity contribution in [3.63, 3.8) is 0 Å². The summed E-state index contributed by atoms with van der Waals surface area (Å²) in [6, 6.07) is 2.87. The predicted molar refractivity (Wildman–Crippen MR) is 51.0 cm³/mol. The number of fused-ring (bicyclic) bond motifs is 1. The van der Waals surface area contributed by atoms with Crippen molar-refractivity contribution in [3.05, 3.63) is 23.5 Å². The van der Waals surface area contributed by atoms with Gasteiger partial charge in [0.25, 0.3) is 0 Å². The van der Waals surface area contributed by atoms with E-state index in [1.54, 1.807) is 6.07 Å². The SMILES string of the molecule is NOCc1c(F)ccc2c1OCCCO2. The highest BCUT2D eigenvalue weighted by Gasteiger charge is 2.18. The zero-order valence-corrected chi connectivity index (χ0v) is 8.16. The zero-order chi connectivity index (χ0) is 10.7. The Morgan fingerprint density at radius 3 is 2.93 bits per heavy atom. The molecule has 1 aromatic rings. The van der Waals surface area contributed by atoms with Crippen molar-refractivity contribution in [2.75, 3.05) is 13.2 Å². The molecule has 0 bridgehead atoms. The lowest BCUT2D eigenvalue weighted by Crippen LogP contribution is -2.05. The number of hydrogen-bond donors (Lipinski definition) is 1. The quantitative estimate of drug-likeness (QED) is 0.754. The Bertz CT molecular complexity index is 357. The smallest absolute Gasteiger partial charge is 0.169 e. The summed E-state index contributed by atoms with van der Waals surface area (Å²) < 4.78 is 24.2. The van der Waals surface area contributed by atoms with Crippen molar-refractivity contribution in [2.24, 2.45) is 5.90 Å². The third kappa shape index (κ3) is 2.03. The first kappa shape index (κ1) is 10.2. The average Bonchev–Trinajstić information content (AvgIpc) is 2.47. The third-order valence-corrected chi connectivity index (χ3v) is 2.19. The first-order chi connectivity index (χ1) is 7.33. The molecular weight excluding hydrogens is 201 g/mol. The number of benzene rings is 1. The maximum absolute atomic E-state index is 13.4. The van der Waals surface area contributed by atoms with Crippen molar-refractivity contribution in [3.8, 4) is 11.5 Å². The van der Waals surface area contributed by atoms with Crippen molar-refractivity contribution < 1.29 is 18.7 Å². The van der Waals surface area contributed by atoms with Crippen LogP contribution in [0.4, 0.5) is 4.39 Å². The normalized spacial score (nSPS) is 14.8. The van der Waals surface area contributed by atoms with Crippen LogP contribution in [0.1, 0.15) is 12.0 Å². The Balaban J connectivity index is 2.42. The summed E-state index contributed by atoms with van der Waals surface area (Å²) >= 11 is 0. The van der Waals surface area contributed by atoms with Gasteiger partial charge >= 0.3 is 0 Å². The Labute approximate surface area is 86.7 Å². The molecule has 15 heavy (non-hydrogen) atoms. The van der Waals surface area contributed by atoms with Gasteiger partial charge in [0.05, 0.1) is 25.4 Å². The molecule has 0 aliphatic carbocycles. The Kier molecular flexibility index (Phi) is 3.03. The summed E-state index contributed by atoms with van der Waals surface area (Å²) in [5.74, 6) is 5.48. The molecule has 0 spiro atoms. The summed E-state index contributed by atoms with van der Waals surface area (Å²) in [7, 11) is 0. The molecule has 1 heterocycles. The molecule has 1 aliphatic rings. The van der Waals surface area contributed by atoms with Gasteiger partial charge in [0, 0.05) is 6.42 Å². The van der Waals surface area contributed by atoms with E-state index < -0.39 is 5.82 Å². The molecule has 0 saturated carbocycles. The number of nitrogens with two attached hydrogens (primary N) is 1. The van der Waals surface area contributed by atoms with Crippen LogP contribution in [0.15, 0.2) is 12.1 Å². The summed E-state index contributed by atoms with van der Waals surface area (Å²) in [5.41, 5.74) is 0.303. The summed E-state index contributed by atoms with van der Waals surface area (Å²) in [5, 5.41) is 0. The first-order valence-electron chi connectivity index (χ1n) is 4.71. The van der Waals surface area contributed by atoms with Crippen molar-refractivity contribution >= 4 is 0 Å². The van der Waals surface area contributed by atoms with Crippen molar-refractivity contribution in [1.82, 2.24) is 0 Å². The van der Waals surface area contributed by atoms with Crippen LogP contribution in [0.25, 0.3) is 0 Å². The van der Waals surface area contributed by atoms with Crippen molar-refractivity contribution in [1.29, 1.82) is 0 Å². The molecule has 0 amide bonds. The van der Waals surface area contributed by atoms with Gasteiger partial charge < -0.3 is 9.47 Å². The zero-order valence-electron chi connectivity index (χ0n) is 8.16. The second-order valence-electron chi connectivity index (χ2n) is 3.21. The Hall–Kier alpha value is -1.33.